The molecule has 0 saturated heterocycles. The fraction of sp³-hybridized carbons (Fsp3) is 0.333. The predicted molar refractivity (Wildman–Crippen MR) is 116 cm³/mol. The highest BCUT2D eigenvalue weighted by atomic mass is 16.5. The normalized spacial score (nSPS) is 20.6. The molecule has 1 aliphatic carbocycles. The largest absolute Gasteiger partial charge is 0.493 e. The summed E-state index contributed by atoms with van der Waals surface area (Å²) in [6.07, 6.45) is 6.29. The minimum Gasteiger partial charge on any atom is -0.493 e. The second-order valence-electron chi connectivity index (χ2n) is 7.50. The van der Waals surface area contributed by atoms with Crippen molar-refractivity contribution in [3.63, 3.8) is 0 Å². The van der Waals surface area contributed by atoms with Crippen molar-refractivity contribution in [1.82, 2.24) is 0 Å². The van der Waals surface area contributed by atoms with Crippen molar-refractivity contribution in [2.75, 3.05) is 25.8 Å². The van der Waals surface area contributed by atoms with Crippen LogP contribution in [0.25, 0.3) is 0 Å². The molecule has 6 heteroatoms. The molecule has 2 atom stereocenters. The molecule has 0 radical (unpaired) electrons. The number of anilines is 1. The third-order valence-corrected chi connectivity index (χ3v) is 5.78. The minimum absolute atomic E-state index is 0.0171. The lowest BCUT2D eigenvalue weighted by Gasteiger charge is -2.37. The third-order valence-electron chi connectivity index (χ3n) is 5.78. The van der Waals surface area contributed by atoms with Crippen LogP contribution in [0.3, 0.4) is 0 Å². The highest BCUT2D eigenvalue weighted by molar-refractivity contribution is 6.11. The van der Waals surface area contributed by atoms with Gasteiger partial charge in [0.25, 0.3) is 5.91 Å². The molecular weight excluding hydrogens is 380 g/mol. The monoisotopic (exact) mass is 406 g/mol. The van der Waals surface area contributed by atoms with E-state index < -0.39 is 0 Å². The second-order valence-corrected chi connectivity index (χ2v) is 7.50. The van der Waals surface area contributed by atoms with Crippen molar-refractivity contribution in [3.8, 4) is 11.5 Å². The lowest BCUT2D eigenvalue weighted by molar-refractivity contribution is -0.123. The minimum atomic E-state index is -0.146. The van der Waals surface area contributed by atoms with Gasteiger partial charge in [-0.05, 0) is 55.2 Å². The van der Waals surface area contributed by atoms with Crippen molar-refractivity contribution in [2.45, 2.75) is 19.3 Å². The van der Waals surface area contributed by atoms with Crippen LogP contribution in [0.2, 0.25) is 0 Å². The number of ether oxygens (including phenoxy) is 2. The summed E-state index contributed by atoms with van der Waals surface area (Å²) < 4.78 is 10.8. The summed E-state index contributed by atoms with van der Waals surface area (Å²) >= 11 is 0. The first-order valence-corrected chi connectivity index (χ1v) is 10.2. The first-order valence-electron chi connectivity index (χ1n) is 10.2. The maximum atomic E-state index is 13.3. The summed E-state index contributed by atoms with van der Waals surface area (Å²) in [6.45, 7) is 0.0969. The smallest absolute Gasteiger partial charge is 0.251 e. The Morgan fingerprint density at radius 1 is 1.00 bits per heavy atom. The highest BCUT2D eigenvalue weighted by Gasteiger charge is 2.40. The summed E-state index contributed by atoms with van der Waals surface area (Å²) in [4.78, 5) is 13.3. The number of allylic oxidation sites excluding steroid dienone is 2. The van der Waals surface area contributed by atoms with Gasteiger partial charge in [-0.25, -0.2) is 5.01 Å². The van der Waals surface area contributed by atoms with Gasteiger partial charge in [-0.3, -0.25) is 4.79 Å². The van der Waals surface area contributed by atoms with E-state index in [0.717, 1.165) is 28.9 Å². The molecule has 6 nitrogen and oxygen atoms in total. The molecular formula is C24H26N2O4. The Kier molecular flexibility index (Phi) is 5.86. The average Bonchev–Trinajstić information content (AvgIpc) is 2.80. The van der Waals surface area contributed by atoms with E-state index in [1.54, 1.807) is 14.2 Å². The molecule has 1 amide bonds. The SMILES string of the molecule is COc1ccc(C2=NN(c3ccc(CCO)cc3)C(=O)[C@H]3CC=CC[C@@H]23)cc1OC. The van der Waals surface area contributed by atoms with Gasteiger partial charge in [0, 0.05) is 18.1 Å². The number of aliphatic hydroxyl groups excluding tert-OH is 1. The number of rotatable bonds is 6. The van der Waals surface area contributed by atoms with Crippen LogP contribution in [0.1, 0.15) is 24.0 Å². The quantitative estimate of drug-likeness (QED) is 0.745. The summed E-state index contributed by atoms with van der Waals surface area (Å²) in [5.74, 6) is 1.20. The highest BCUT2D eigenvalue weighted by Crippen LogP contribution is 2.38. The van der Waals surface area contributed by atoms with E-state index in [0.29, 0.717) is 24.3 Å². The molecule has 0 unspecified atom stereocenters. The van der Waals surface area contributed by atoms with Crippen molar-refractivity contribution < 1.29 is 19.4 Å². The molecule has 2 aliphatic rings. The lowest BCUT2D eigenvalue weighted by atomic mass is 9.76. The fourth-order valence-corrected chi connectivity index (χ4v) is 4.16. The van der Waals surface area contributed by atoms with Crippen LogP contribution in [-0.2, 0) is 11.2 Å². The average molecular weight is 406 g/mol. The van der Waals surface area contributed by atoms with Crippen molar-refractivity contribution in [2.24, 2.45) is 16.9 Å². The zero-order chi connectivity index (χ0) is 21.1. The Bertz CT molecular complexity index is 981. The second kappa shape index (κ2) is 8.71. The number of aliphatic hydroxyl groups is 1. The molecule has 0 aromatic heterocycles. The number of carbonyl (C=O) groups excluding carboxylic acids is 1. The molecule has 0 bridgehead atoms. The molecule has 4 rings (SSSR count). The number of carbonyl (C=O) groups is 1. The van der Waals surface area contributed by atoms with Gasteiger partial charge in [-0.1, -0.05) is 24.3 Å². The Morgan fingerprint density at radius 2 is 1.70 bits per heavy atom. The van der Waals surface area contributed by atoms with Crippen molar-refractivity contribution >= 4 is 17.3 Å². The van der Waals surface area contributed by atoms with Gasteiger partial charge in [0.2, 0.25) is 0 Å². The number of hydrogen-bond donors (Lipinski definition) is 1. The van der Waals surface area contributed by atoms with Gasteiger partial charge in [0.1, 0.15) is 0 Å². The van der Waals surface area contributed by atoms with Gasteiger partial charge in [-0.2, -0.15) is 5.10 Å². The number of amides is 1. The van der Waals surface area contributed by atoms with E-state index in [-0.39, 0.29) is 24.3 Å². The van der Waals surface area contributed by atoms with Crippen molar-refractivity contribution in [3.05, 3.63) is 65.7 Å². The maximum Gasteiger partial charge on any atom is 0.251 e. The Hall–Kier alpha value is -3.12. The van der Waals surface area contributed by atoms with E-state index in [9.17, 15) is 4.79 Å². The van der Waals surface area contributed by atoms with Gasteiger partial charge in [-0.15, -0.1) is 0 Å². The molecule has 1 N–H and O–H groups in total. The molecule has 30 heavy (non-hydrogen) atoms. The maximum absolute atomic E-state index is 13.3. The standard InChI is InChI=1S/C24H26N2O4/c1-29-21-12-9-17(15-22(21)30-2)23-19-5-3-4-6-20(19)24(28)26(25-23)18-10-7-16(8-11-18)13-14-27/h3-4,7-12,15,19-20,27H,5-6,13-14H2,1-2H3/t19-,20+/m1/s1. The van der Waals surface area contributed by atoms with Gasteiger partial charge < -0.3 is 14.6 Å². The van der Waals surface area contributed by atoms with Crippen LogP contribution >= 0.6 is 0 Å². The lowest BCUT2D eigenvalue weighted by Crippen LogP contribution is -2.45. The van der Waals surface area contributed by atoms with Crippen LogP contribution in [-0.4, -0.2) is 37.6 Å². The predicted octanol–water partition coefficient (Wildman–Crippen LogP) is 3.57. The zero-order valence-electron chi connectivity index (χ0n) is 17.2. The fourth-order valence-electron chi connectivity index (χ4n) is 4.16. The Morgan fingerprint density at radius 3 is 2.37 bits per heavy atom. The molecule has 0 saturated carbocycles. The van der Waals surface area contributed by atoms with E-state index in [1.165, 1.54) is 5.01 Å². The third kappa shape index (κ3) is 3.71. The molecule has 1 aliphatic heterocycles. The van der Waals surface area contributed by atoms with Crippen LogP contribution in [0, 0.1) is 11.8 Å². The van der Waals surface area contributed by atoms with E-state index in [4.69, 9.17) is 19.7 Å². The molecule has 2 aromatic rings. The summed E-state index contributed by atoms with van der Waals surface area (Å²) in [6, 6.07) is 13.4. The van der Waals surface area contributed by atoms with Crippen LogP contribution < -0.4 is 14.5 Å². The number of hydrogen-bond acceptors (Lipinski definition) is 5. The van der Waals surface area contributed by atoms with Gasteiger partial charge in [0.05, 0.1) is 31.5 Å². The molecule has 156 valence electrons. The summed E-state index contributed by atoms with van der Waals surface area (Å²) in [7, 11) is 3.22. The van der Waals surface area contributed by atoms with Crippen molar-refractivity contribution in [1.29, 1.82) is 0 Å². The number of benzene rings is 2. The Labute approximate surface area is 176 Å². The zero-order valence-corrected chi connectivity index (χ0v) is 17.2. The van der Waals surface area contributed by atoms with Gasteiger partial charge >= 0.3 is 0 Å². The summed E-state index contributed by atoms with van der Waals surface area (Å²) in [5.41, 5.74) is 3.55. The Balaban J connectivity index is 1.77. The molecule has 1 heterocycles. The van der Waals surface area contributed by atoms with Crippen LogP contribution in [0.5, 0.6) is 11.5 Å². The van der Waals surface area contributed by atoms with E-state index >= 15 is 0 Å². The molecule has 2 aromatic carbocycles. The number of nitrogens with zero attached hydrogens (tertiary/aromatic N) is 2. The number of hydrazone groups is 1. The first-order chi connectivity index (χ1) is 14.7. The van der Waals surface area contributed by atoms with E-state index in [2.05, 4.69) is 12.2 Å². The topological polar surface area (TPSA) is 71.4 Å². The molecule has 0 spiro atoms. The first kappa shape index (κ1) is 20.2. The van der Waals surface area contributed by atoms with Gasteiger partial charge in [0.15, 0.2) is 11.5 Å². The number of methoxy groups -OCH3 is 2. The molecule has 0 fully saturated rings. The van der Waals surface area contributed by atoms with Crippen LogP contribution in [0.15, 0.2) is 59.7 Å². The number of fused-ring (bicyclic) bond motifs is 1. The summed E-state index contributed by atoms with van der Waals surface area (Å²) in [5, 5.41) is 15.5. The van der Waals surface area contributed by atoms with E-state index in [1.807, 2.05) is 42.5 Å². The van der Waals surface area contributed by atoms with Crippen LogP contribution in [0.4, 0.5) is 5.69 Å².